The van der Waals surface area contributed by atoms with Crippen LogP contribution >= 0.6 is 0 Å². The van der Waals surface area contributed by atoms with Crippen molar-refractivity contribution in [2.75, 3.05) is 58.3 Å². The van der Waals surface area contributed by atoms with Crippen molar-refractivity contribution in [2.24, 2.45) is 11.3 Å². The Morgan fingerprint density at radius 3 is 2.49 bits per heavy atom. The smallest absolute Gasteiger partial charge is 0.253 e. The third-order valence-electron chi connectivity index (χ3n) is 7.51. The van der Waals surface area contributed by atoms with Crippen LogP contribution < -0.4 is 5.32 Å². The second-order valence-electron chi connectivity index (χ2n) is 10.9. The van der Waals surface area contributed by atoms with Gasteiger partial charge < -0.3 is 29.0 Å². The number of oxazole rings is 1. The molecule has 6 rings (SSSR count). The van der Waals surface area contributed by atoms with Crippen molar-refractivity contribution in [3.63, 3.8) is 0 Å². The van der Waals surface area contributed by atoms with Crippen LogP contribution in [0.5, 0.6) is 0 Å². The Bertz CT molecular complexity index is 1310. The number of rotatable bonds is 7. The molecule has 4 heterocycles. The summed E-state index contributed by atoms with van der Waals surface area (Å²) in [5.74, 6) is 1.49. The predicted octanol–water partition coefficient (Wildman–Crippen LogP) is 3.59. The standard InChI is InChI=1S/C28H33FN6O4/c1-28(26(36)35-13-11-34(2)12-14-35)16-37-25(38-17-28)24-33-22(23(39-24)19-5-7-20(29)8-6-19)21-9-10-30-27(32-21)31-15-18-3-4-18/h5-10,18,25H,3-4,11-17H2,1-2H3,(H,30,31,32). The maximum absolute atomic E-state index is 13.7. The van der Waals surface area contributed by atoms with E-state index in [-0.39, 0.29) is 30.8 Å². The normalized spacial score (nSPS) is 24.1. The molecule has 1 N–H and O–H groups in total. The van der Waals surface area contributed by atoms with Crippen LogP contribution in [0.1, 0.15) is 31.9 Å². The Hall–Kier alpha value is -3.41. The van der Waals surface area contributed by atoms with Gasteiger partial charge in [-0.25, -0.2) is 19.3 Å². The lowest BCUT2D eigenvalue weighted by atomic mass is 9.90. The van der Waals surface area contributed by atoms with Crippen molar-refractivity contribution in [1.82, 2.24) is 24.8 Å². The number of halogens is 1. The van der Waals surface area contributed by atoms with E-state index < -0.39 is 11.7 Å². The fraction of sp³-hybridized carbons (Fsp3) is 0.500. The molecule has 0 atom stereocenters. The van der Waals surface area contributed by atoms with Gasteiger partial charge in [0.25, 0.3) is 5.89 Å². The zero-order valence-corrected chi connectivity index (χ0v) is 22.2. The molecule has 206 valence electrons. The van der Waals surface area contributed by atoms with Crippen LogP contribution in [-0.4, -0.2) is 83.6 Å². The summed E-state index contributed by atoms with van der Waals surface area (Å²) in [5, 5.41) is 3.28. The van der Waals surface area contributed by atoms with E-state index >= 15 is 0 Å². The van der Waals surface area contributed by atoms with Crippen LogP contribution in [0.2, 0.25) is 0 Å². The number of hydrogen-bond donors (Lipinski definition) is 1. The van der Waals surface area contributed by atoms with Crippen molar-refractivity contribution in [3.05, 3.63) is 48.2 Å². The number of hydrogen-bond acceptors (Lipinski definition) is 9. The van der Waals surface area contributed by atoms with E-state index in [1.807, 2.05) is 11.8 Å². The molecule has 1 aromatic carbocycles. The second kappa shape index (κ2) is 10.6. The molecule has 1 saturated carbocycles. The minimum Gasteiger partial charge on any atom is -0.435 e. The van der Waals surface area contributed by atoms with E-state index in [2.05, 4.69) is 27.2 Å². The first-order valence-electron chi connectivity index (χ1n) is 13.4. The Morgan fingerprint density at radius 1 is 1.08 bits per heavy atom. The zero-order chi connectivity index (χ0) is 27.0. The monoisotopic (exact) mass is 536 g/mol. The Labute approximate surface area is 226 Å². The molecule has 1 aliphatic carbocycles. The third kappa shape index (κ3) is 5.66. The molecule has 0 radical (unpaired) electrons. The first-order valence-corrected chi connectivity index (χ1v) is 13.4. The van der Waals surface area contributed by atoms with Crippen LogP contribution in [0.3, 0.4) is 0 Å². The molecular weight excluding hydrogens is 503 g/mol. The molecule has 0 bridgehead atoms. The minimum atomic E-state index is -0.888. The minimum absolute atomic E-state index is 0.0290. The second-order valence-corrected chi connectivity index (χ2v) is 10.9. The highest BCUT2D eigenvalue weighted by atomic mass is 19.1. The quantitative estimate of drug-likeness (QED) is 0.485. The number of nitrogens with zero attached hydrogens (tertiary/aromatic N) is 5. The molecule has 0 spiro atoms. The number of anilines is 1. The molecule has 2 aromatic heterocycles. The van der Waals surface area contributed by atoms with Crippen LogP contribution in [0, 0.1) is 17.2 Å². The molecule has 3 fully saturated rings. The Balaban J connectivity index is 1.23. The average Bonchev–Trinajstić information content (AvgIpc) is 3.69. The molecule has 39 heavy (non-hydrogen) atoms. The lowest BCUT2D eigenvalue weighted by Gasteiger charge is -2.41. The van der Waals surface area contributed by atoms with Gasteiger partial charge in [0.15, 0.2) is 5.76 Å². The number of carbonyl (C=O) groups is 1. The van der Waals surface area contributed by atoms with Crippen molar-refractivity contribution in [3.8, 4) is 22.7 Å². The van der Waals surface area contributed by atoms with E-state index in [9.17, 15) is 9.18 Å². The number of amides is 1. The summed E-state index contributed by atoms with van der Waals surface area (Å²) in [5.41, 5.74) is 0.879. The SMILES string of the molecule is CN1CCN(C(=O)C2(C)COC(c3nc(-c4ccnc(NCC5CC5)n4)c(-c4ccc(F)cc4)o3)OC2)CC1. The predicted molar refractivity (Wildman–Crippen MR) is 141 cm³/mol. The van der Waals surface area contributed by atoms with Gasteiger partial charge in [-0.1, -0.05) is 0 Å². The van der Waals surface area contributed by atoms with Gasteiger partial charge in [0, 0.05) is 44.5 Å². The van der Waals surface area contributed by atoms with Crippen LogP contribution in [0.15, 0.2) is 40.9 Å². The molecule has 2 aliphatic heterocycles. The number of aromatic nitrogens is 3. The van der Waals surface area contributed by atoms with Gasteiger partial charge >= 0.3 is 0 Å². The maximum Gasteiger partial charge on any atom is 0.253 e. The Kier molecular flexibility index (Phi) is 7.05. The molecule has 11 heteroatoms. The van der Waals surface area contributed by atoms with Gasteiger partial charge in [-0.2, -0.15) is 0 Å². The summed E-state index contributed by atoms with van der Waals surface area (Å²) in [6.45, 7) is 6.12. The molecule has 3 aliphatic rings. The molecule has 3 aromatic rings. The van der Waals surface area contributed by atoms with Gasteiger partial charge in [-0.05, 0) is 63.1 Å². The van der Waals surface area contributed by atoms with Gasteiger partial charge in [-0.3, -0.25) is 4.79 Å². The first-order chi connectivity index (χ1) is 18.9. The highest BCUT2D eigenvalue weighted by Crippen LogP contribution is 2.38. The zero-order valence-electron chi connectivity index (χ0n) is 22.2. The molecule has 0 unspecified atom stereocenters. The summed E-state index contributed by atoms with van der Waals surface area (Å²) < 4.78 is 31.9. The Morgan fingerprint density at radius 2 is 1.79 bits per heavy atom. The fourth-order valence-corrected chi connectivity index (χ4v) is 4.81. The average molecular weight is 537 g/mol. The molecule has 1 amide bonds. The lowest BCUT2D eigenvalue weighted by molar-refractivity contribution is -0.239. The maximum atomic E-state index is 13.7. The van der Waals surface area contributed by atoms with E-state index in [1.54, 1.807) is 24.4 Å². The van der Waals surface area contributed by atoms with E-state index in [1.165, 1.54) is 25.0 Å². The summed E-state index contributed by atoms with van der Waals surface area (Å²) in [6, 6.07) is 7.75. The van der Waals surface area contributed by atoms with E-state index in [0.717, 1.165) is 19.6 Å². The van der Waals surface area contributed by atoms with Gasteiger partial charge in [0.1, 0.15) is 11.5 Å². The fourth-order valence-electron chi connectivity index (χ4n) is 4.81. The molecule has 2 saturated heterocycles. The van der Waals surface area contributed by atoms with Crippen LogP contribution in [-0.2, 0) is 14.3 Å². The number of piperazine rings is 1. The molecular formula is C28H33FN6O4. The van der Waals surface area contributed by atoms with Gasteiger partial charge in [-0.15, -0.1) is 0 Å². The summed E-state index contributed by atoms with van der Waals surface area (Å²) in [6.07, 6.45) is 3.22. The van der Waals surface area contributed by atoms with Gasteiger partial charge in [0.2, 0.25) is 18.1 Å². The number of benzene rings is 1. The summed E-state index contributed by atoms with van der Waals surface area (Å²) >= 11 is 0. The van der Waals surface area contributed by atoms with Crippen LogP contribution in [0.25, 0.3) is 22.7 Å². The van der Waals surface area contributed by atoms with Crippen molar-refractivity contribution in [1.29, 1.82) is 0 Å². The lowest BCUT2D eigenvalue weighted by Crippen LogP contribution is -2.55. The van der Waals surface area contributed by atoms with Crippen molar-refractivity contribution < 1.29 is 23.1 Å². The summed E-state index contributed by atoms with van der Waals surface area (Å²) in [7, 11) is 2.05. The van der Waals surface area contributed by atoms with Crippen molar-refractivity contribution in [2.45, 2.75) is 26.1 Å². The number of nitrogens with one attached hydrogen (secondary N) is 1. The highest BCUT2D eigenvalue weighted by molar-refractivity contribution is 5.83. The highest BCUT2D eigenvalue weighted by Gasteiger charge is 2.44. The summed E-state index contributed by atoms with van der Waals surface area (Å²) in [4.78, 5) is 31.1. The van der Waals surface area contributed by atoms with Crippen molar-refractivity contribution >= 4 is 11.9 Å². The van der Waals surface area contributed by atoms with Gasteiger partial charge in [0.05, 0.1) is 24.3 Å². The largest absolute Gasteiger partial charge is 0.435 e. The van der Waals surface area contributed by atoms with E-state index in [4.69, 9.17) is 18.9 Å². The first kappa shape index (κ1) is 25.8. The molecule has 10 nitrogen and oxygen atoms in total. The van der Waals surface area contributed by atoms with Crippen LogP contribution in [0.4, 0.5) is 10.3 Å². The number of carbonyl (C=O) groups excluding carboxylic acids is 1. The van der Waals surface area contributed by atoms with E-state index in [0.29, 0.717) is 47.7 Å². The topological polar surface area (TPSA) is 106 Å². The number of ether oxygens (including phenoxy) is 2. The number of likely N-dealkylation sites (N-methyl/N-ethyl adjacent to an activating group) is 1. The third-order valence-corrected chi connectivity index (χ3v) is 7.51.